The van der Waals surface area contributed by atoms with Crippen molar-refractivity contribution in [3.05, 3.63) is 35.4 Å². The number of hydrogen-bond acceptors (Lipinski definition) is 2. The molecule has 1 aliphatic heterocycles. The smallest absolute Gasteiger partial charge is 0.0502 e. The van der Waals surface area contributed by atoms with Gasteiger partial charge in [0.1, 0.15) is 0 Å². The molecule has 2 nitrogen and oxygen atoms in total. The number of likely N-dealkylation sites (tertiary alicyclic amines) is 1. The van der Waals surface area contributed by atoms with E-state index >= 15 is 0 Å². The maximum Gasteiger partial charge on any atom is 0.0502 e. The van der Waals surface area contributed by atoms with Gasteiger partial charge in [-0.15, -0.1) is 0 Å². The zero-order chi connectivity index (χ0) is 13.1. The minimum atomic E-state index is 0.288. The van der Waals surface area contributed by atoms with E-state index in [1.54, 1.807) is 0 Å². The quantitative estimate of drug-likeness (QED) is 0.885. The van der Waals surface area contributed by atoms with E-state index in [-0.39, 0.29) is 6.04 Å². The largest absolute Gasteiger partial charge is 0.326 e. The summed E-state index contributed by atoms with van der Waals surface area (Å²) in [5.74, 6) is 0.701. The summed E-state index contributed by atoms with van der Waals surface area (Å²) < 4.78 is 0. The monoisotopic (exact) mass is 246 g/mol. The molecule has 0 radical (unpaired) electrons. The van der Waals surface area contributed by atoms with E-state index in [1.807, 2.05) is 0 Å². The van der Waals surface area contributed by atoms with E-state index in [0.717, 1.165) is 25.9 Å². The van der Waals surface area contributed by atoms with E-state index in [1.165, 1.54) is 11.1 Å². The second kappa shape index (κ2) is 5.85. The fraction of sp³-hybridized carbons (Fsp3) is 0.625. The zero-order valence-corrected chi connectivity index (χ0v) is 11.9. The average molecular weight is 246 g/mol. The Morgan fingerprint density at radius 3 is 2.72 bits per heavy atom. The first kappa shape index (κ1) is 13.6. The van der Waals surface area contributed by atoms with E-state index in [4.69, 9.17) is 5.73 Å². The summed E-state index contributed by atoms with van der Waals surface area (Å²) in [6.07, 6.45) is 2.21. The highest BCUT2D eigenvalue weighted by atomic mass is 15.2. The first-order valence-electron chi connectivity index (χ1n) is 7.21. The van der Waals surface area contributed by atoms with Gasteiger partial charge >= 0.3 is 0 Å². The Bertz CT molecular complexity index is 386. The number of benzene rings is 1. The molecule has 100 valence electrons. The summed E-state index contributed by atoms with van der Waals surface area (Å²) in [7, 11) is 0. The second-order valence-corrected chi connectivity index (χ2v) is 5.84. The standard InChI is InChI=1S/C16H26N2/c1-4-13-7-5-6-8-14(13)16-15(17)9-10-18(16)11-12(2)3/h5-8,12,15-16H,4,9-11,17H2,1-3H3. The molecule has 1 aromatic rings. The highest BCUT2D eigenvalue weighted by Gasteiger charge is 2.33. The molecule has 0 spiro atoms. The third-order valence-corrected chi connectivity index (χ3v) is 3.90. The van der Waals surface area contributed by atoms with Crippen LogP contribution in [0.15, 0.2) is 24.3 Å². The Balaban J connectivity index is 2.27. The Morgan fingerprint density at radius 2 is 2.06 bits per heavy atom. The van der Waals surface area contributed by atoms with Gasteiger partial charge in [-0.25, -0.2) is 0 Å². The maximum atomic E-state index is 6.36. The lowest BCUT2D eigenvalue weighted by molar-refractivity contribution is 0.220. The number of rotatable bonds is 4. The molecule has 2 heteroatoms. The molecule has 18 heavy (non-hydrogen) atoms. The molecule has 0 aromatic heterocycles. The average Bonchev–Trinajstić information content (AvgIpc) is 2.69. The van der Waals surface area contributed by atoms with Gasteiger partial charge in [0.05, 0.1) is 6.04 Å². The van der Waals surface area contributed by atoms with Crippen molar-refractivity contribution in [2.24, 2.45) is 11.7 Å². The Hall–Kier alpha value is -0.860. The molecule has 0 aliphatic carbocycles. The van der Waals surface area contributed by atoms with Gasteiger partial charge in [-0.05, 0) is 29.9 Å². The van der Waals surface area contributed by atoms with Gasteiger partial charge in [0, 0.05) is 19.1 Å². The van der Waals surface area contributed by atoms with Crippen molar-refractivity contribution in [3.63, 3.8) is 0 Å². The molecule has 2 rings (SSSR count). The molecule has 2 atom stereocenters. The summed E-state index contributed by atoms with van der Waals surface area (Å²) in [5.41, 5.74) is 9.26. The third kappa shape index (κ3) is 2.76. The Labute approximate surface area is 111 Å². The predicted molar refractivity (Wildman–Crippen MR) is 77.6 cm³/mol. The van der Waals surface area contributed by atoms with Crippen LogP contribution in [0.2, 0.25) is 0 Å². The van der Waals surface area contributed by atoms with Crippen molar-refractivity contribution in [2.75, 3.05) is 13.1 Å². The van der Waals surface area contributed by atoms with Gasteiger partial charge < -0.3 is 5.73 Å². The lowest BCUT2D eigenvalue weighted by atomic mass is 9.94. The van der Waals surface area contributed by atoms with Crippen LogP contribution in [0.25, 0.3) is 0 Å². The predicted octanol–water partition coefficient (Wildman–Crippen LogP) is 2.98. The SMILES string of the molecule is CCc1ccccc1C1C(N)CCN1CC(C)C. The van der Waals surface area contributed by atoms with E-state index in [2.05, 4.69) is 49.9 Å². The van der Waals surface area contributed by atoms with Crippen LogP contribution in [0.5, 0.6) is 0 Å². The lowest BCUT2D eigenvalue weighted by Gasteiger charge is -2.30. The summed E-state index contributed by atoms with van der Waals surface area (Å²) in [6.45, 7) is 9.09. The second-order valence-electron chi connectivity index (χ2n) is 5.84. The van der Waals surface area contributed by atoms with Crippen LogP contribution < -0.4 is 5.73 Å². The summed E-state index contributed by atoms with van der Waals surface area (Å²) >= 11 is 0. The van der Waals surface area contributed by atoms with Crippen LogP contribution in [-0.4, -0.2) is 24.0 Å². The van der Waals surface area contributed by atoms with Crippen molar-refractivity contribution >= 4 is 0 Å². The fourth-order valence-electron chi connectivity index (χ4n) is 3.13. The minimum absolute atomic E-state index is 0.288. The third-order valence-electron chi connectivity index (χ3n) is 3.90. The molecular weight excluding hydrogens is 220 g/mol. The normalized spacial score (nSPS) is 24.9. The molecule has 1 heterocycles. The van der Waals surface area contributed by atoms with E-state index in [0.29, 0.717) is 12.0 Å². The van der Waals surface area contributed by atoms with Gasteiger partial charge in [-0.2, -0.15) is 0 Å². The Kier molecular flexibility index (Phi) is 4.41. The van der Waals surface area contributed by atoms with Gasteiger partial charge in [0.2, 0.25) is 0 Å². The van der Waals surface area contributed by atoms with Gasteiger partial charge in [-0.3, -0.25) is 4.90 Å². The van der Waals surface area contributed by atoms with Crippen LogP contribution in [0, 0.1) is 5.92 Å². The van der Waals surface area contributed by atoms with E-state index < -0.39 is 0 Å². The molecule has 0 bridgehead atoms. The minimum Gasteiger partial charge on any atom is -0.326 e. The van der Waals surface area contributed by atoms with Gasteiger partial charge in [0.15, 0.2) is 0 Å². The summed E-state index contributed by atoms with van der Waals surface area (Å²) in [6, 6.07) is 9.50. The highest BCUT2D eigenvalue weighted by molar-refractivity contribution is 5.32. The van der Waals surface area contributed by atoms with Crippen LogP contribution in [0.4, 0.5) is 0 Å². The highest BCUT2D eigenvalue weighted by Crippen LogP contribution is 2.33. The van der Waals surface area contributed by atoms with Crippen molar-refractivity contribution in [2.45, 2.75) is 45.7 Å². The van der Waals surface area contributed by atoms with Gasteiger partial charge in [0.25, 0.3) is 0 Å². The number of hydrogen-bond donors (Lipinski definition) is 1. The van der Waals surface area contributed by atoms with Crippen LogP contribution in [0.1, 0.15) is 44.4 Å². The molecule has 1 fully saturated rings. The molecular formula is C16H26N2. The number of aryl methyl sites for hydroxylation is 1. The maximum absolute atomic E-state index is 6.36. The molecule has 1 aliphatic rings. The molecule has 2 unspecified atom stereocenters. The first-order valence-corrected chi connectivity index (χ1v) is 7.21. The molecule has 1 saturated heterocycles. The van der Waals surface area contributed by atoms with Crippen molar-refractivity contribution < 1.29 is 0 Å². The summed E-state index contributed by atoms with van der Waals surface area (Å²) in [5, 5.41) is 0. The molecule has 0 amide bonds. The van der Waals surface area contributed by atoms with Gasteiger partial charge in [-0.1, -0.05) is 45.0 Å². The lowest BCUT2D eigenvalue weighted by Crippen LogP contribution is -2.34. The number of nitrogens with two attached hydrogens (primary N) is 1. The van der Waals surface area contributed by atoms with Crippen LogP contribution in [-0.2, 0) is 6.42 Å². The molecule has 0 saturated carbocycles. The van der Waals surface area contributed by atoms with Crippen molar-refractivity contribution in [1.29, 1.82) is 0 Å². The van der Waals surface area contributed by atoms with Crippen molar-refractivity contribution in [1.82, 2.24) is 4.90 Å². The van der Waals surface area contributed by atoms with Crippen LogP contribution in [0.3, 0.4) is 0 Å². The number of nitrogens with zero attached hydrogens (tertiary/aromatic N) is 1. The first-order chi connectivity index (χ1) is 8.63. The van der Waals surface area contributed by atoms with Crippen molar-refractivity contribution in [3.8, 4) is 0 Å². The molecule has 1 aromatic carbocycles. The van der Waals surface area contributed by atoms with E-state index in [9.17, 15) is 0 Å². The molecule has 2 N–H and O–H groups in total. The van der Waals surface area contributed by atoms with Crippen LogP contribution >= 0.6 is 0 Å². The zero-order valence-electron chi connectivity index (χ0n) is 11.9. The summed E-state index contributed by atoms with van der Waals surface area (Å²) in [4.78, 5) is 2.57. The topological polar surface area (TPSA) is 29.3 Å². The Morgan fingerprint density at radius 1 is 1.33 bits per heavy atom. The fourth-order valence-corrected chi connectivity index (χ4v) is 3.13.